The third-order valence-corrected chi connectivity index (χ3v) is 4.19. The zero-order chi connectivity index (χ0) is 18.8. The Morgan fingerprint density at radius 3 is 2.64 bits per heavy atom. The van der Waals surface area contributed by atoms with Gasteiger partial charge in [0.05, 0.1) is 31.2 Å². The number of carboxylic acid groups (broad SMARTS) is 1. The molecule has 25 heavy (non-hydrogen) atoms. The normalized spacial score (nSPS) is 21.7. The highest BCUT2D eigenvalue weighted by molar-refractivity contribution is 5.78. The molecule has 1 aromatic rings. The van der Waals surface area contributed by atoms with Gasteiger partial charge in [-0.2, -0.15) is 13.2 Å². The van der Waals surface area contributed by atoms with E-state index in [1.165, 1.54) is 19.5 Å². The molecule has 138 valence electrons. The van der Waals surface area contributed by atoms with Gasteiger partial charge in [0.1, 0.15) is 5.75 Å². The smallest absolute Gasteiger partial charge is 0.394 e. The fraction of sp³-hybridized carbons (Fsp3) is 0.533. The fourth-order valence-electron chi connectivity index (χ4n) is 2.82. The van der Waals surface area contributed by atoms with Gasteiger partial charge < -0.3 is 20.1 Å². The van der Waals surface area contributed by atoms with Crippen LogP contribution in [0.5, 0.6) is 5.75 Å². The maximum Gasteiger partial charge on any atom is 0.394 e. The van der Waals surface area contributed by atoms with Crippen molar-refractivity contribution in [3.8, 4) is 5.75 Å². The minimum Gasteiger partial charge on any atom is -0.495 e. The monoisotopic (exact) mass is 361 g/mol. The Morgan fingerprint density at radius 1 is 1.44 bits per heavy atom. The molecule has 1 aromatic heterocycles. The highest BCUT2D eigenvalue weighted by Crippen LogP contribution is 2.37. The van der Waals surface area contributed by atoms with Crippen molar-refractivity contribution < 1.29 is 32.6 Å². The third kappa shape index (κ3) is 4.12. The van der Waals surface area contributed by atoms with Crippen LogP contribution in [0.4, 0.5) is 18.0 Å². The van der Waals surface area contributed by atoms with E-state index in [0.29, 0.717) is 11.3 Å². The zero-order valence-electron chi connectivity index (χ0n) is 13.6. The van der Waals surface area contributed by atoms with Gasteiger partial charge in [0.2, 0.25) is 0 Å². The summed E-state index contributed by atoms with van der Waals surface area (Å²) >= 11 is 0. The van der Waals surface area contributed by atoms with Gasteiger partial charge in [-0.25, -0.2) is 4.79 Å². The highest BCUT2D eigenvalue weighted by Gasteiger charge is 2.53. The number of likely N-dealkylation sites (tertiary alicyclic amines) is 1. The molecule has 0 aromatic carbocycles. The number of methoxy groups -OCH3 is 1. The highest BCUT2D eigenvalue weighted by atomic mass is 19.4. The molecule has 0 saturated carbocycles. The average molecular weight is 361 g/mol. The number of nitrogens with one attached hydrogen (secondary N) is 1. The summed E-state index contributed by atoms with van der Waals surface area (Å²) < 4.78 is 44.1. The Kier molecular flexibility index (Phi) is 5.39. The van der Waals surface area contributed by atoms with Crippen molar-refractivity contribution in [3.05, 3.63) is 24.0 Å². The number of carboxylic acids is 1. The molecule has 1 unspecified atom stereocenters. The van der Waals surface area contributed by atoms with Crippen molar-refractivity contribution in [2.45, 2.75) is 19.1 Å². The number of nitrogens with zero attached hydrogens (tertiary/aromatic N) is 2. The predicted octanol–water partition coefficient (Wildman–Crippen LogP) is 2.06. The summed E-state index contributed by atoms with van der Waals surface area (Å²) in [5.74, 6) is -4.90. The van der Waals surface area contributed by atoms with Crippen LogP contribution in [0.25, 0.3) is 0 Å². The minimum absolute atomic E-state index is 0.424. The van der Waals surface area contributed by atoms with E-state index in [-0.39, 0.29) is 0 Å². The lowest BCUT2D eigenvalue weighted by Crippen LogP contribution is -2.40. The maximum absolute atomic E-state index is 13.0. The molecule has 1 aliphatic heterocycles. The summed E-state index contributed by atoms with van der Waals surface area (Å²) in [5.41, 5.74) is 0.604. The Labute approximate surface area is 141 Å². The van der Waals surface area contributed by atoms with Crippen molar-refractivity contribution >= 4 is 12.0 Å². The maximum atomic E-state index is 13.0. The molecule has 2 heterocycles. The Bertz CT molecular complexity index is 653. The van der Waals surface area contributed by atoms with Crippen molar-refractivity contribution in [2.24, 2.45) is 11.8 Å². The number of rotatable bonds is 4. The van der Waals surface area contributed by atoms with Gasteiger partial charge in [0.15, 0.2) is 0 Å². The molecule has 1 fully saturated rings. The predicted molar refractivity (Wildman–Crippen MR) is 80.0 cm³/mol. The number of carbonyl (C=O) groups excluding carboxylic acids is 1. The van der Waals surface area contributed by atoms with Crippen LogP contribution in [0.1, 0.15) is 18.5 Å². The van der Waals surface area contributed by atoms with E-state index in [4.69, 9.17) is 9.84 Å². The number of alkyl halides is 3. The number of aliphatic carboxylic acids is 1. The van der Waals surface area contributed by atoms with E-state index >= 15 is 0 Å². The van der Waals surface area contributed by atoms with Crippen molar-refractivity contribution in [2.75, 3.05) is 20.2 Å². The molecule has 3 atom stereocenters. The number of carbonyl (C=O) groups is 2. The van der Waals surface area contributed by atoms with E-state index in [0.717, 1.165) is 4.90 Å². The van der Waals surface area contributed by atoms with Gasteiger partial charge in [-0.05, 0) is 13.0 Å². The number of urea groups is 1. The molecule has 0 aliphatic carbocycles. The van der Waals surface area contributed by atoms with Crippen LogP contribution in [0.15, 0.2) is 18.5 Å². The summed E-state index contributed by atoms with van der Waals surface area (Å²) in [5, 5.41) is 11.6. The minimum atomic E-state index is -4.68. The number of amides is 2. The number of hydrogen-bond donors (Lipinski definition) is 2. The summed E-state index contributed by atoms with van der Waals surface area (Å²) in [6, 6.07) is 0.301. The lowest BCUT2D eigenvalue weighted by Gasteiger charge is -2.22. The number of pyridine rings is 1. The molecule has 2 N–H and O–H groups in total. The number of ether oxygens (including phenoxy) is 1. The van der Waals surface area contributed by atoms with Crippen LogP contribution in [0, 0.1) is 11.8 Å². The van der Waals surface area contributed by atoms with Crippen LogP contribution in [-0.4, -0.2) is 53.4 Å². The first-order valence-corrected chi connectivity index (χ1v) is 7.48. The van der Waals surface area contributed by atoms with E-state index < -0.39 is 49.1 Å². The molecule has 1 saturated heterocycles. The van der Waals surface area contributed by atoms with Crippen LogP contribution in [0.3, 0.4) is 0 Å². The molecule has 0 bridgehead atoms. The van der Waals surface area contributed by atoms with Gasteiger partial charge in [0, 0.05) is 24.8 Å². The number of aromatic nitrogens is 1. The molecule has 7 nitrogen and oxygen atoms in total. The van der Waals surface area contributed by atoms with Crippen LogP contribution >= 0.6 is 0 Å². The molecule has 1 aliphatic rings. The van der Waals surface area contributed by atoms with Gasteiger partial charge in [0.25, 0.3) is 0 Å². The average Bonchev–Trinajstić information content (AvgIpc) is 3.00. The standard InChI is InChI=1S/C15H18F3N3O4/c1-8(9-3-4-19-5-12(9)25-2)20-14(24)21-6-10(13(22)23)11(7-21)15(16,17)18/h3-5,8,10-11H,6-7H2,1-2H3,(H,20,24)(H,22,23)/t8?,10-,11-/m1/s1. The molecule has 2 rings (SSSR count). The topological polar surface area (TPSA) is 91.8 Å². The second-order valence-corrected chi connectivity index (χ2v) is 5.79. The Balaban J connectivity index is 2.09. The quantitative estimate of drug-likeness (QED) is 0.857. The summed E-state index contributed by atoms with van der Waals surface area (Å²) in [7, 11) is 1.43. The largest absolute Gasteiger partial charge is 0.495 e. The zero-order valence-corrected chi connectivity index (χ0v) is 13.6. The molecule has 0 spiro atoms. The van der Waals surface area contributed by atoms with E-state index in [1.807, 2.05) is 0 Å². The Hall–Kier alpha value is -2.52. The first-order valence-electron chi connectivity index (χ1n) is 7.48. The Morgan fingerprint density at radius 2 is 2.12 bits per heavy atom. The molecule has 10 heteroatoms. The summed E-state index contributed by atoms with van der Waals surface area (Å²) in [6.07, 6.45) is -1.73. The van der Waals surface area contributed by atoms with Crippen LogP contribution < -0.4 is 10.1 Å². The summed E-state index contributed by atoms with van der Waals surface area (Å²) in [4.78, 5) is 28.1. The summed E-state index contributed by atoms with van der Waals surface area (Å²) in [6.45, 7) is 0.458. The SMILES string of the molecule is COc1cnccc1C(C)NC(=O)N1C[C@@H](C(F)(F)F)[C@H](C(=O)O)C1. The van der Waals surface area contributed by atoms with Crippen molar-refractivity contribution in [3.63, 3.8) is 0 Å². The first-order chi connectivity index (χ1) is 11.6. The van der Waals surface area contributed by atoms with Crippen molar-refractivity contribution in [1.29, 1.82) is 0 Å². The van der Waals surface area contributed by atoms with Gasteiger partial charge in [-0.1, -0.05) is 0 Å². The number of hydrogen-bond acceptors (Lipinski definition) is 4. The van der Waals surface area contributed by atoms with Gasteiger partial charge in [-0.3, -0.25) is 9.78 Å². The number of halogens is 3. The van der Waals surface area contributed by atoms with Crippen molar-refractivity contribution in [1.82, 2.24) is 15.2 Å². The van der Waals surface area contributed by atoms with E-state index in [9.17, 15) is 22.8 Å². The lowest BCUT2D eigenvalue weighted by molar-refractivity contribution is -0.187. The molecule has 2 amide bonds. The second kappa shape index (κ2) is 7.16. The lowest BCUT2D eigenvalue weighted by atomic mass is 9.96. The molecular weight excluding hydrogens is 343 g/mol. The van der Waals surface area contributed by atoms with Gasteiger partial charge in [-0.15, -0.1) is 0 Å². The van der Waals surface area contributed by atoms with E-state index in [1.54, 1.807) is 13.0 Å². The molecule has 0 radical (unpaired) electrons. The molecular formula is C15H18F3N3O4. The first kappa shape index (κ1) is 18.8. The van der Waals surface area contributed by atoms with Gasteiger partial charge >= 0.3 is 18.2 Å². The van der Waals surface area contributed by atoms with E-state index in [2.05, 4.69) is 10.3 Å². The van der Waals surface area contributed by atoms with Crippen LogP contribution in [0.2, 0.25) is 0 Å². The fourth-order valence-corrected chi connectivity index (χ4v) is 2.82. The third-order valence-electron chi connectivity index (χ3n) is 4.19. The second-order valence-electron chi connectivity index (χ2n) is 5.79. The van der Waals surface area contributed by atoms with Crippen LogP contribution in [-0.2, 0) is 4.79 Å².